The van der Waals surface area contributed by atoms with Crippen LogP contribution in [0.15, 0.2) is 24.3 Å². The van der Waals surface area contributed by atoms with Crippen LogP contribution in [0.1, 0.15) is 22.8 Å². The number of aliphatic hydroxyl groups is 1. The molecular weight excluding hydrogens is 296 g/mol. The van der Waals surface area contributed by atoms with Gasteiger partial charge in [-0.2, -0.15) is 0 Å². The summed E-state index contributed by atoms with van der Waals surface area (Å²) < 4.78 is 53.3. The molecule has 1 nitrogen and oxygen atoms in total. The summed E-state index contributed by atoms with van der Waals surface area (Å²) in [5.41, 5.74) is -0.638. The lowest BCUT2D eigenvalue weighted by Crippen LogP contribution is -2.08. The topological polar surface area (TPSA) is 20.2 Å². The Balaban J connectivity index is 2.57. The molecule has 0 fully saturated rings. The van der Waals surface area contributed by atoms with E-state index in [0.717, 1.165) is 6.07 Å². The Morgan fingerprint density at radius 3 is 2.05 bits per heavy atom. The van der Waals surface area contributed by atoms with Gasteiger partial charge in [0.1, 0.15) is 29.4 Å². The summed E-state index contributed by atoms with van der Waals surface area (Å²) in [5.74, 6) is -4.19. The molecule has 0 aromatic heterocycles. The van der Waals surface area contributed by atoms with Crippen LogP contribution in [-0.2, 0) is 0 Å². The Morgan fingerprint density at radius 2 is 1.50 bits per heavy atom. The molecule has 0 aliphatic carbocycles. The van der Waals surface area contributed by atoms with Crippen molar-refractivity contribution in [2.45, 2.75) is 13.0 Å². The van der Waals surface area contributed by atoms with E-state index in [1.807, 2.05) is 0 Å². The highest BCUT2D eigenvalue weighted by Gasteiger charge is 2.23. The second-order valence-corrected chi connectivity index (χ2v) is 4.72. The van der Waals surface area contributed by atoms with E-state index < -0.39 is 34.9 Å². The fraction of sp³-hybridized carbons (Fsp3) is 0.143. The third-order valence-electron chi connectivity index (χ3n) is 2.89. The number of rotatable bonds is 2. The summed E-state index contributed by atoms with van der Waals surface area (Å²) in [7, 11) is 0. The first-order chi connectivity index (χ1) is 9.31. The first-order valence-electron chi connectivity index (χ1n) is 5.59. The average molecular weight is 305 g/mol. The molecule has 0 saturated carbocycles. The summed E-state index contributed by atoms with van der Waals surface area (Å²) >= 11 is 5.76. The first-order valence-corrected chi connectivity index (χ1v) is 5.97. The van der Waals surface area contributed by atoms with Gasteiger partial charge in [-0.05, 0) is 24.6 Å². The molecule has 0 radical (unpaired) electrons. The lowest BCUT2D eigenvalue weighted by Gasteiger charge is -2.16. The minimum absolute atomic E-state index is 0.0602. The zero-order chi connectivity index (χ0) is 15.0. The molecule has 0 amide bonds. The first kappa shape index (κ1) is 14.8. The Kier molecular flexibility index (Phi) is 4.01. The van der Waals surface area contributed by atoms with Crippen LogP contribution < -0.4 is 0 Å². The van der Waals surface area contributed by atoms with Crippen molar-refractivity contribution in [2.75, 3.05) is 0 Å². The maximum absolute atomic E-state index is 13.6. The summed E-state index contributed by atoms with van der Waals surface area (Å²) in [6.45, 7) is 1.42. The van der Waals surface area contributed by atoms with E-state index in [1.165, 1.54) is 13.0 Å². The molecule has 106 valence electrons. The fourth-order valence-corrected chi connectivity index (χ4v) is 2.11. The smallest absolute Gasteiger partial charge is 0.135 e. The van der Waals surface area contributed by atoms with Gasteiger partial charge in [0.05, 0.1) is 5.56 Å². The van der Waals surface area contributed by atoms with E-state index in [4.69, 9.17) is 11.6 Å². The van der Waals surface area contributed by atoms with Gasteiger partial charge in [0.2, 0.25) is 0 Å². The summed E-state index contributed by atoms with van der Waals surface area (Å²) in [4.78, 5) is 0. The molecule has 6 heteroatoms. The van der Waals surface area contributed by atoms with Crippen molar-refractivity contribution >= 4 is 11.6 Å². The van der Waals surface area contributed by atoms with Crippen LogP contribution in [0.25, 0.3) is 0 Å². The standard InChI is InChI=1S/C14H9ClF4O/c1-6-2-8(9(15)5-10(6)17)14(20)13-11(18)3-7(16)4-12(13)19/h2-5,14,20H,1H3. The van der Waals surface area contributed by atoms with Crippen molar-refractivity contribution in [3.8, 4) is 0 Å². The van der Waals surface area contributed by atoms with Gasteiger partial charge >= 0.3 is 0 Å². The largest absolute Gasteiger partial charge is 0.383 e. The lowest BCUT2D eigenvalue weighted by molar-refractivity contribution is 0.208. The summed E-state index contributed by atoms with van der Waals surface area (Å²) in [6, 6.07) is 3.02. The van der Waals surface area contributed by atoms with E-state index in [1.54, 1.807) is 0 Å². The molecule has 0 aliphatic heterocycles. The maximum atomic E-state index is 13.6. The van der Waals surface area contributed by atoms with Gasteiger partial charge in [-0.15, -0.1) is 0 Å². The Labute approximate surface area is 117 Å². The Bertz CT molecular complexity index is 649. The van der Waals surface area contributed by atoms with Crippen molar-refractivity contribution in [3.63, 3.8) is 0 Å². The van der Waals surface area contributed by atoms with Gasteiger partial charge in [-0.3, -0.25) is 0 Å². The predicted octanol–water partition coefficient (Wildman–Crippen LogP) is 4.29. The zero-order valence-electron chi connectivity index (χ0n) is 10.2. The molecule has 0 aliphatic rings. The second kappa shape index (κ2) is 5.42. The van der Waals surface area contributed by atoms with E-state index in [2.05, 4.69) is 0 Å². The lowest BCUT2D eigenvalue weighted by atomic mass is 9.98. The van der Waals surface area contributed by atoms with Crippen LogP contribution >= 0.6 is 11.6 Å². The molecular formula is C14H9ClF4O. The number of benzene rings is 2. The van der Waals surface area contributed by atoms with Crippen LogP contribution in [0.5, 0.6) is 0 Å². The average Bonchev–Trinajstić information content (AvgIpc) is 2.32. The van der Waals surface area contributed by atoms with Crippen LogP contribution in [0.2, 0.25) is 5.02 Å². The number of aliphatic hydroxyl groups excluding tert-OH is 1. The third kappa shape index (κ3) is 2.64. The van der Waals surface area contributed by atoms with Gasteiger partial charge < -0.3 is 5.11 Å². The number of hydrogen-bond acceptors (Lipinski definition) is 1. The van der Waals surface area contributed by atoms with Crippen molar-refractivity contribution < 1.29 is 22.7 Å². The van der Waals surface area contributed by atoms with Gasteiger partial charge in [-0.1, -0.05) is 11.6 Å². The van der Waals surface area contributed by atoms with E-state index >= 15 is 0 Å². The van der Waals surface area contributed by atoms with Crippen molar-refractivity contribution in [3.05, 3.63) is 69.2 Å². The monoisotopic (exact) mass is 304 g/mol. The molecule has 2 aromatic carbocycles. The molecule has 1 N–H and O–H groups in total. The minimum Gasteiger partial charge on any atom is -0.383 e. The summed E-state index contributed by atoms with van der Waals surface area (Å²) in [6.07, 6.45) is -1.76. The molecule has 2 rings (SSSR count). The molecule has 0 bridgehead atoms. The van der Waals surface area contributed by atoms with Gasteiger partial charge in [0.25, 0.3) is 0 Å². The highest BCUT2D eigenvalue weighted by Crippen LogP contribution is 2.33. The molecule has 20 heavy (non-hydrogen) atoms. The van der Waals surface area contributed by atoms with Gasteiger partial charge in [0, 0.05) is 22.7 Å². The Hall–Kier alpha value is -1.59. The number of aryl methyl sites for hydroxylation is 1. The van der Waals surface area contributed by atoms with Crippen LogP contribution in [0.4, 0.5) is 17.6 Å². The number of hydrogen-bond donors (Lipinski definition) is 1. The third-order valence-corrected chi connectivity index (χ3v) is 3.22. The number of halogens is 5. The molecule has 0 spiro atoms. The van der Waals surface area contributed by atoms with E-state index in [-0.39, 0.29) is 16.1 Å². The van der Waals surface area contributed by atoms with Crippen molar-refractivity contribution in [2.24, 2.45) is 0 Å². The van der Waals surface area contributed by atoms with Crippen molar-refractivity contribution in [1.29, 1.82) is 0 Å². The maximum Gasteiger partial charge on any atom is 0.135 e. The summed E-state index contributed by atoms with van der Waals surface area (Å²) in [5, 5.41) is 9.85. The molecule has 0 saturated heterocycles. The van der Waals surface area contributed by atoms with E-state index in [9.17, 15) is 22.7 Å². The normalized spacial score (nSPS) is 12.6. The molecule has 2 aromatic rings. The van der Waals surface area contributed by atoms with Crippen molar-refractivity contribution in [1.82, 2.24) is 0 Å². The van der Waals surface area contributed by atoms with Gasteiger partial charge in [0.15, 0.2) is 0 Å². The molecule has 1 unspecified atom stereocenters. The van der Waals surface area contributed by atoms with E-state index in [0.29, 0.717) is 12.1 Å². The van der Waals surface area contributed by atoms with Gasteiger partial charge in [-0.25, -0.2) is 17.6 Å². The predicted molar refractivity (Wildman–Crippen MR) is 66.5 cm³/mol. The Morgan fingerprint density at radius 1 is 0.950 bits per heavy atom. The van der Waals surface area contributed by atoms with Crippen LogP contribution in [0, 0.1) is 30.2 Å². The highest BCUT2D eigenvalue weighted by atomic mass is 35.5. The van der Waals surface area contributed by atoms with Crippen LogP contribution in [0.3, 0.4) is 0 Å². The second-order valence-electron chi connectivity index (χ2n) is 4.31. The molecule has 1 atom stereocenters. The molecule has 0 heterocycles. The minimum atomic E-state index is -1.76. The fourth-order valence-electron chi connectivity index (χ4n) is 1.86. The zero-order valence-corrected chi connectivity index (χ0v) is 11.0. The highest BCUT2D eigenvalue weighted by molar-refractivity contribution is 6.31. The quantitative estimate of drug-likeness (QED) is 0.821. The van der Waals surface area contributed by atoms with Crippen LogP contribution in [-0.4, -0.2) is 5.11 Å². The SMILES string of the molecule is Cc1cc(C(O)c2c(F)cc(F)cc2F)c(Cl)cc1F.